The van der Waals surface area contributed by atoms with Gasteiger partial charge in [0.2, 0.25) is 5.88 Å². The van der Waals surface area contributed by atoms with Crippen LogP contribution in [0.2, 0.25) is 0 Å². The standard InChI is InChI=1S/C23H33NO2/c1-8-10-11-25-21(9-2)20-14-18(6)24-23(19(20)7)26-22-16(4)12-15(3)13-17(22)5/h12-14,21H,8-11H2,1-7H3. The maximum Gasteiger partial charge on any atom is 0.222 e. The average molecular weight is 356 g/mol. The van der Waals surface area contributed by atoms with Crippen LogP contribution in [-0.2, 0) is 4.74 Å². The molecule has 3 nitrogen and oxygen atoms in total. The summed E-state index contributed by atoms with van der Waals surface area (Å²) in [5.41, 5.74) is 6.74. The largest absolute Gasteiger partial charge is 0.438 e. The highest BCUT2D eigenvalue weighted by molar-refractivity contribution is 5.47. The quantitative estimate of drug-likeness (QED) is 0.495. The summed E-state index contributed by atoms with van der Waals surface area (Å²) in [6, 6.07) is 6.44. The summed E-state index contributed by atoms with van der Waals surface area (Å²) >= 11 is 0. The molecule has 0 radical (unpaired) electrons. The van der Waals surface area contributed by atoms with E-state index in [9.17, 15) is 0 Å². The number of nitrogens with zero attached hydrogens (tertiary/aromatic N) is 1. The molecule has 1 heterocycles. The van der Waals surface area contributed by atoms with Crippen LogP contribution in [0.25, 0.3) is 0 Å². The zero-order valence-corrected chi connectivity index (χ0v) is 17.4. The van der Waals surface area contributed by atoms with Gasteiger partial charge in [-0.1, -0.05) is 38.0 Å². The summed E-state index contributed by atoms with van der Waals surface area (Å²) in [6.45, 7) is 15.5. The van der Waals surface area contributed by atoms with Gasteiger partial charge in [0, 0.05) is 17.9 Å². The minimum atomic E-state index is 0.0887. The van der Waals surface area contributed by atoms with Gasteiger partial charge in [0.15, 0.2) is 0 Å². The molecule has 0 fully saturated rings. The Balaban J connectivity index is 2.37. The minimum Gasteiger partial charge on any atom is -0.438 e. The Bertz CT molecular complexity index is 729. The lowest BCUT2D eigenvalue weighted by Crippen LogP contribution is -2.09. The van der Waals surface area contributed by atoms with Crippen LogP contribution in [0.4, 0.5) is 0 Å². The summed E-state index contributed by atoms with van der Waals surface area (Å²) in [7, 11) is 0. The fourth-order valence-corrected chi connectivity index (χ4v) is 3.39. The van der Waals surface area contributed by atoms with Crippen molar-refractivity contribution in [1.82, 2.24) is 4.98 Å². The number of pyridine rings is 1. The Kier molecular flexibility index (Phi) is 7.22. The maximum atomic E-state index is 6.30. The molecule has 26 heavy (non-hydrogen) atoms. The van der Waals surface area contributed by atoms with Gasteiger partial charge in [-0.05, 0) is 70.2 Å². The van der Waals surface area contributed by atoms with Gasteiger partial charge in [0.25, 0.3) is 0 Å². The second kappa shape index (κ2) is 9.18. The van der Waals surface area contributed by atoms with E-state index >= 15 is 0 Å². The molecule has 0 spiro atoms. The summed E-state index contributed by atoms with van der Waals surface area (Å²) in [5, 5.41) is 0. The van der Waals surface area contributed by atoms with E-state index in [0.717, 1.165) is 54.0 Å². The van der Waals surface area contributed by atoms with E-state index in [1.165, 1.54) is 11.1 Å². The molecule has 142 valence electrons. The van der Waals surface area contributed by atoms with Crippen molar-refractivity contribution in [3.8, 4) is 11.6 Å². The third-order valence-electron chi connectivity index (χ3n) is 4.73. The molecular formula is C23H33NO2. The van der Waals surface area contributed by atoms with Gasteiger partial charge in [-0.25, -0.2) is 4.98 Å². The summed E-state index contributed by atoms with van der Waals surface area (Å²) in [6.07, 6.45) is 3.26. The van der Waals surface area contributed by atoms with E-state index in [4.69, 9.17) is 9.47 Å². The van der Waals surface area contributed by atoms with Gasteiger partial charge in [-0.3, -0.25) is 0 Å². The fraction of sp³-hybridized carbons (Fsp3) is 0.522. The third-order valence-corrected chi connectivity index (χ3v) is 4.73. The van der Waals surface area contributed by atoms with E-state index in [0.29, 0.717) is 5.88 Å². The van der Waals surface area contributed by atoms with E-state index in [1.54, 1.807) is 0 Å². The molecule has 0 bridgehead atoms. The van der Waals surface area contributed by atoms with Crippen molar-refractivity contribution in [3.63, 3.8) is 0 Å². The summed E-state index contributed by atoms with van der Waals surface area (Å²) < 4.78 is 12.4. The number of aromatic nitrogens is 1. The Morgan fingerprint density at radius 1 is 0.962 bits per heavy atom. The molecular weight excluding hydrogens is 322 g/mol. The van der Waals surface area contributed by atoms with Crippen LogP contribution in [0.15, 0.2) is 18.2 Å². The minimum absolute atomic E-state index is 0.0887. The molecule has 2 rings (SSSR count). The number of benzene rings is 1. The fourth-order valence-electron chi connectivity index (χ4n) is 3.39. The third kappa shape index (κ3) is 4.85. The van der Waals surface area contributed by atoms with Crippen molar-refractivity contribution in [2.45, 2.75) is 73.8 Å². The van der Waals surface area contributed by atoms with E-state index in [2.05, 4.69) is 64.7 Å². The smallest absolute Gasteiger partial charge is 0.222 e. The molecule has 0 N–H and O–H groups in total. The number of unbranched alkanes of at least 4 members (excludes halogenated alkanes) is 1. The lowest BCUT2D eigenvalue weighted by molar-refractivity contribution is 0.0474. The summed E-state index contributed by atoms with van der Waals surface area (Å²) in [4.78, 5) is 4.67. The molecule has 3 heteroatoms. The maximum absolute atomic E-state index is 6.30. The number of aryl methyl sites for hydroxylation is 4. The van der Waals surface area contributed by atoms with E-state index in [1.807, 2.05) is 6.92 Å². The number of rotatable bonds is 8. The first-order valence-electron chi connectivity index (χ1n) is 9.72. The molecule has 1 unspecified atom stereocenters. The highest BCUT2D eigenvalue weighted by Gasteiger charge is 2.18. The molecule has 2 aromatic rings. The van der Waals surface area contributed by atoms with Crippen LogP contribution in [0.3, 0.4) is 0 Å². The molecule has 1 aromatic carbocycles. The Labute approximate surface area is 158 Å². The molecule has 1 atom stereocenters. The monoisotopic (exact) mass is 355 g/mol. The molecule has 0 aliphatic heterocycles. The lowest BCUT2D eigenvalue weighted by Gasteiger charge is -2.21. The highest BCUT2D eigenvalue weighted by atomic mass is 16.5. The normalized spacial score (nSPS) is 12.3. The van der Waals surface area contributed by atoms with Gasteiger partial charge in [0.05, 0.1) is 6.10 Å². The van der Waals surface area contributed by atoms with Gasteiger partial charge in [-0.15, -0.1) is 0 Å². The number of ether oxygens (including phenoxy) is 2. The van der Waals surface area contributed by atoms with Crippen molar-refractivity contribution >= 4 is 0 Å². The highest BCUT2D eigenvalue weighted by Crippen LogP contribution is 2.35. The van der Waals surface area contributed by atoms with Crippen molar-refractivity contribution in [2.75, 3.05) is 6.61 Å². The van der Waals surface area contributed by atoms with Gasteiger partial charge in [-0.2, -0.15) is 0 Å². The number of hydrogen-bond donors (Lipinski definition) is 0. The zero-order chi connectivity index (χ0) is 19.3. The molecule has 0 saturated carbocycles. The van der Waals surface area contributed by atoms with Gasteiger partial charge >= 0.3 is 0 Å². The van der Waals surface area contributed by atoms with Crippen LogP contribution in [-0.4, -0.2) is 11.6 Å². The van der Waals surface area contributed by atoms with E-state index < -0.39 is 0 Å². The molecule has 0 amide bonds. The van der Waals surface area contributed by atoms with Crippen molar-refractivity contribution in [3.05, 3.63) is 51.7 Å². The summed E-state index contributed by atoms with van der Waals surface area (Å²) in [5.74, 6) is 1.59. The first-order chi connectivity index (χ1) is 12.4. The van der Waals surface area contributed by atoms with Crippen molar-refractivity contribution in [2.24, 2.45) is 0 Å². The first-order valence-corrected chi connectivity index (χ1v) is 9.72. The molecule has 0 aliphatic rings. The molecule has 0 saturated heterocycles. The van der Waals surface area contributed by atoms with Gasteiger partial charge in [0.1, 0.15) is 5.75 Å². The number of hydrogen-bond acceptors (Lipinski definition) is 3. The Morgan fingerprint density at radius 2 is 1.62 bits per heavy atom. The van der Waals surface area contributed by atoms with Crippen LogP contribution >= 0.6 is 0 Å². The van der Waals surface area contributed by atoms with Crippen LogP contribution < -0.4 is 4.74 Å². The average Bonchev–Trinajstić information content (AvgIpc) is 2.58. The topological polar surface area (TPSA) is 31.4 Å². The van der Waals surface area contributed by atoms with Gasteiger partial charge < -0.3 is 9.47 Å². The second-order valence-electron chi connectivity index (χ2n) is 7.23. The molecule has 1 aromatic heterocycles. The van der Waals surface area contributed by atoms with Crippen molar-refractivity contribution in [1.29, 1.82) is 0 Å². The zero-order valence-electron chi connectivity index (χ0n) is 17.4. The lowest BCUT2D eigenvalue weighted by atomic mass is 10.0. The van der Waals surface area contributed by atoms with Crippen LogP contribution in [0, 0.1) is 34.6 Å². The van der Waals surface area contributed by atoms with E-state index in [-0.39, 0.29) is 6.10 Å². The predicted octanol–water partition coefficient (Wildman–Crippen LogP) is 6.68. The second-order valence-corrected chi connectivity index (χ2v) is 7.23. The van der Waals surface area contributed by atoms with Crippen molar-refractivity contribution < 1.29 is 9.47 Å². The van der Waals surface area contributed by atoms with Crippen LogP contribution in [0.1, 0.15) is 72.7 Å². The first kappa shape index (κ1) is 20.4. The molecule has 0 aliphatic carbocycles. The predicted molar refractivity (Wildman–Crippen MR) is 108 cm³/mol. The Hall–Kier alpha value is -1.87. The van der Waals surface area contributed by atoms with Crippen LogP contribution in [0.5, 0.6) is 11.6 Å². The SMILES string of the molecule is CCCCOC(CC)c1cc(C)nc(Oc2c(C)cc(C)cc2C)c1C. The Morgan fingerprint density at radius 3 is 2.19 bits per heavy atom.